The summed E-state index contributed by atoms with van der Waals surface area (Å²) in [6.45, 7) is 8.87. The van der Waals surface area contributed by atoms with Crippen molar-refractivity contribution in [3.8, 4) is 52.1 Å². The van der Waals surface area contributed by atoms with Crippen molar-refractivity contribution >= 4 is 43.4 Å². The Kier molecular flexibility index (Phi) is 9.35. The summed E-state index contributed by atoms with van der Waals surface area (Å²) in [5.41, 5.74) is 14.5. The van der Waals surface area contributed by atoms with E-state index >= 15 is 0 Å². The second-order valence-electron chi connectivity index (χ2n) is 17.7. The van der Waals surface area contributed by atoms with Crippen molar-refractivity contribution in [3.05, 3.63) is 227 Å². The Balaban J connectivity index is 1.19. The zero-order chi connectivity index (χ0) is 44.5. The normalized spacial score (nSPS) is 19.1. The van der Waals surface area contributed by atoms with Crippen LogP contribution in [0.5, 0.6) is 0 Å². The molecule has 0 spiro atoms. The molecule has 0 aliphatic heterocycles. The van der Waals surface area contributed by atoms with Gasteiger partial charge >= 0.3 is 0 Å². The highest BCUT2D eigenvalue weighted by atomic mass is 14.7. The lowest BCUT2D eigenvalue weighted by molar-refractivity contribution is 0.287. The molecule has 0 bridgehead atoms. The van der Waals surface area contributed by atoms with Gasteiger partial charge in [-0.15, -0.1) is 6.42 Å². The van der Waals surface area contributed by atoms with Crippen LogP contribution in [0.2, 0.25) is 0 Å². The van der Waals surface area contributed by atoms with Crippen molar-refractivity contribution in [1.29, 1.82) is 5.26 Å². The van der Waals surface area contributed by atoms with Gasteiger partial charge in [0.05, 0.1) is 33.9 Å². The highest BCUT2D eigenvalue weighted by molar-refractivity contribution is 6.25. The summed E-state index contributed by atoms with van der Waals surface area (Å²) in [6, 6.07) is 56.6. The first kappa shape index (κ1) is 39.7. The third-order valence-electron chi connectivity index (χ3n) is 14.3. The minimum absolute atomic E-state index is 0.00418. The van der Waals surface area contributed by atoms with Gasteiger partial charge in [0, 0.05) is 49.6 Å². The maximum absolute atomic E-state index is 10.3. The molecule has 9 aromatic rings. The standard InChI is InChI=1S/C62H45N3/c1-6-19-46(20-7-2)62(47-25-12-9-13-26-47)52-36-44(32-33-48(52)51-34-31-41(38-63)37-61(51,62)5)43-23-18-24-45(35-43)60-58-40(4)55-49-27-14-16-29-53(49)64-59(42-21-10-8-11-22-42)57(55)39(3)56(58)50-28-15-17-30-54(50)65-60/h1,7-37,51H,2-5H3/b20-7-,46-19+. The number of benzene rings is 7. The van der Waals surface area contributed by atoms with E-state index in [-0.39, 0.29) is 5.92 Å². The molecular formula is C62H45N3. The molecule has 3 unspecified atom stereocenters. The molecule has 11 rings (SSSR count). The lowest BCUT2D eigenvalue weighted by Gasteiger charge is -2.47. The third-order valence-corrected chi connectivity index (χ3v) is 14.3. The van der Waals surface area contributed by atoms with Gasteiger partial charge in [0.1, 0.15) is 0 Å². The number of terminal acetylenes is 1. The highest BCUT2D eigenvalue weighted by Gasteiger charge is 2.61. The number of rotatable bonds is 6. The van der Waals surface area contributed by atoms with Gasteiger partial charge in [-0.25, -0.2) is 9.97 Å². The van der Waals surface area contributed by atoms with E-state index in [1.165, 1.54) is 38.4 Å². The molecule has 3 atom stereocenters. The predicted molar refractivity (Wildman–Crippen MR) is 270 cm³/mol. The average Bonchev–Trinajstić information content (AvgIpc) is 3.58. The van der Waals surface area contributed by atoms with E-state index in [0.29, 0.717) is 5.57 Å². The lowest BCUT2D eigenvalue weighted by Crippen LogP contribution is -2.44. The fourth-order valence-electron chi connectivity index (χ4n) is 11.7. The van der Waals surface area contributed by atoms with Gasteiger partial charge in [-0.3, -0.25) is 0 Å². The van der Waals surface area contributed by atoms with Gasteiger partial charge in [-0.2, -0.15) is 5.26 Å². The molecule has 308 valence electrons. The summed E-state index contributed by atoms with van der Waals surface area (Å²) < 4.78 is 0. The summed E-state index contributed by atoms with van der Waals surface area (Å²) in [5.74, 6) is 2.91. The van der Waals surface area contributed by atoms with Crippen LogP contribution in [0.1, 0.15) is 47.6 Å². The molecule has 2 heterocycles. The molecule has 0 fully saturated rings. The van der Waals surface area contributed by atoms with Gasteiger partial charge < -0.3 is 0 Å². The zero-order valence-electron chi connectivity index (χ0n) is 36.9. The molecule has 0 amide bonds. The molecule has 65 heavy (non-hydrogen) atoms. The van der Waals surface area contributed by atoms with Gasteiger partial charge in [-0.05, 0) is 112 Å². The summed E-state index contributed by atoms with van der Waals surface area (Å²) >= 11 is 0. The van der Waals surface area contributed by atoms with Crippen LogP contribution < -0.4 is 0 Å². The van der Waals surface area contributed by atoms with Crippen molar-refractivity contribution < 1.29 is 0 Å². The quantitative estimate of drug-likeness (QED) is 0.0726. The molecule has 2 aliphatic rings. The van der Waals surface area contributed by atoms with Crippen molar-refractivity contribution in [3.63, 3.8) is 0 Å². The van der Waals surface area contributed by atoms with Crippen molar-refractivity contribution in [2.24, 2.45) is 5.41 Å². The SMILES string of the molecule is C#C/C=C(\C=C/C)C1(c2ccccc2)c2cc(-c3cccc(-c4nc5ccccc5c5c(C)c6c(-c7ccccc7)nc7ccccc7c6c(C)c45)c3)ccc2C2C=CC(C#N)=CC21C. The van der Waals surface area contributed by atoms with Gasteiger partial charge in [-0.1, -0.05) is 165 Å². The van der Waals surface area contributed by atoms with Gasteiger partial charge in [0.25, 0.3) is 0 Å². The highest BCUT2D eigenvalue weighted by Crippen LogP contribution is 2.67. The van der Waals surface area contributed by atoms with E-state index in [1.807, 2.05) is 19.1 Å². The van der Waals surface area contributed by atoms with Crippen LogP contribution in [-0.4, -0.2) is 9.97 Å². The second kappa shape index (κ2) is 15.3. The number of aryl methyl sites for hydroxylation is 2. The second-order valence-corrected chi connectivity index (χ2v) is 17.7. The maximum atomic E-state index is 10.3. The van der Waals surface area contributed by atoms with Crippen molar-refractivity contribution in [2.75, 3.05) is 0 Å². The Bertz CT molecular complexity index is 3670. The van der Waals surface area contributed by atoms with Crippen molar-refractivity contribution in [1.82, 2.24) is 9.97 Å². The van der Waals surface area contributed by atoms with E-state index in [1.54, 1.807) is 0 Å². The maximum Gasteiger partial charge on any atom is 0.0988 e. The van der Waals surface area contributed by atoms with Gasteiger partial charge in [0.15, 0.2) is 0 Å². The topological polar surface area (TPSA) is 49.6 Å². The summed E-state index contributed by atoms with van der Waals surface area (Å²) in [5, 5.41) is 17.3. The first-order valence-electron chi connectivity index (χ1n) is 22.3. The molecule has 0 radical (unpaired) electrons. The Morgan fingerprint density at radius 1 is 0.646 bits per heavy atom. The lowest BCUT2D eigenvalue weighted by atomic mass is 9.53. The number of pyridine rings is 2. The van der Waals surface area contributed by atoms with Crippen LogP contribution in [0.15, 0.2) is 199 Å². The first-order valence-corrected chi connectivity index (χ1v) is 22.3. The molecule has 7 aromatic carbocycles. The summed E-state index contributed by atoms with van der Waals surface area (Å²) in [7, 11) is 0. The zero-order valence-corrected chi connectivity index (χ0v) is 36.9. The van der Waals surface area contributed by atoms with Crippen LogP contribution in [0.3, 0.4) is 0 Å². The van der Waals surface area contributed by atoms with E-state index in [9.17, 15) is 5.26 Å². The molecule has 0 saturated heterocycles. The van der Waals surface area contributed by atoms with Crippen LogP contribution in [0.4, 0.5) is 0 Å². The predicted octanol–water partition coefficient (Wildman–Crippen LogP) is 15.3. The minimum atomic E-state index is -0.713. The minimum Gasteiger partial charge on any atom is -0.247 e. The number of nitriles is 1. The summed E-state index contributed by atoms with van der Waals surface area (Å²) in [4.78, 5) is 10.9. The number of nitrogens with zero attached hydrogens (tertiary/aromatic N) is 3. The number of hydrogen-bond acceptors (Lipinski definition) is 3. The average molecular weight is 832 g/mol. The molecule has 0 saturated carbocycles. The van der Waals surface area contributed by atoms with Crippen LogP contribution in [0.25, 0.3) is 77.0 Å². The number of aromatic nitrogens is 2. The fourth-order valence-corrected chi connectivity index (χ4v) is 11.7. The number of allylic oxidation sites excluding steroid dienone is 8. The summed E-state index contributed by atoms with van der Waals surface area (Å²) in [6.07, 6.45) is 18.7. The smallest absolute Gasteiger partial charge is 0.0988 e. The molecular weight excluding hydrogens is 787 g/mol. The van der Waals surface area contributed by atoms with Crippen LogP contribution >= 0.6 is 0 Å². The fraction of sp³-hybridized carbons (Fsp3) is 0.113. The number of para-hydroxylation sites is 2. The van der Waals surface area contributed by atoms with Crippen molar-refractivity contribution in [2.45, 2.75) is 39.0 Å². The Labute approximate surface area is 380 Å². The van der Waals surface area contributed by atoms with E-state index in [0.717, 1.165) is 72.0 Å². The Hall–Kier alpha value is -8.11. The first-order chi connectivity index (χ1) is 31.8. The van der Waals surface area contributed by atoms with Crippen LogP contribution in [-0.2, 0) is 5.41 Å². The Morgan fingerprint density at radius 2 is 1.22 bits per heavy atom. The van der Waals surface area contributed by atoms with Crippen LogP contribution in [0, 0.1) is 42.9 Å². The Morgan fingerprint density at radius 3 is 1.85 bits per heavy atom. The monoisotopic (exact) mass is 831 g/mol. The van der Waals surface area contributed by atoms with E-state index in [4.69, 9.17) is 16.4 Å². The molecule has 0 N–H and O–H groups in total. The largest absolute Gasteiger partial charge is 0.247 e. The molecule has 3 heteroatoms. The number of hydrogen-bond donors (Lipinski definition) is 0. The molecule has 3 nitrogen and oxygen atoms in total. The van der Waals surface area contributed by atoms with E-state index < -0.39 is 10.8 Å². The van der Waals surface area contributed by atoms with E-state index in [2.05, 4.69) is 209 Å². The third kappa shape index (κ3) is 5.76. The molecule has 2 aliphatic carbocycles. The molecule has 2 aromatic heterocycles. The van der Waals surface area contributed by atoms with Gasteiger partial charge in [0.2, 0.25) is 0 Å². The number of fused-ring (bicyclic) bond motifs is 9.